The summed E-state index contributed by atoms with van der Waals surface area (Å²) >= 11 is 0. The van der Waals surface area contributed by atoms with E-state index in [0.717, 1.165) is 22.0 Å². The van der Waals surface area contributed by atoms with Crippen LogP contribution in [-0.2, 0) is 16.0 Å². The fourth-order valence-electron chi connectivity index (χ4n) is 5.83. The number of amides is 4. The number of aromatic nitrogens is 3. The molecule has 1 aliphatic rings. The predicted molar refractivity (Wildman–Crippen MR) is 184 cm³/mol. The molecule has 1 atom stereocenters. The maximum absolute atomic E-state index is 14.0. The number of rotatable bonds is 4. The molecule has 13 nitrogen and oxygen atoms in total. The van der Waals surface area contributed by atoms with Crippen molar-refractivity contribution in [3.63, 3.8) is 0 Å². The number of nitrogens with zero attached hydrogens (tertiary/aromatic N) is 3. The van der Waals surface area contributed by atoms with Gasteiger partial charge in [-0.1, -0.05) is 59.8 Å². The Morgan fingerprint density at radius 1 is 0.898 bits per heavy atom. The van der Waals surface area contributed by atoms with E-state index >= 15 is 0 Å². The summed E-state index contributed by atoms with van der Waals surface area (Å²) in [6.45, 7) is 2.63. The molecule has 13 heteroatoms. The van der Waals surface area contributed by atoms with Gasteiger partial charge in [-0.15, -0.1) is 0 Å². The zero-order chi connectivity index (χ0) is 34.2. The van der Waals surface area contributed by atoms with Crippen molar-refractivity contribution in [2.75, 3.05) is 38.0 Å². The van der Waals surface area contributed by atoms with Gasteiger partial charge in [-0.25, -0.2) is 4.98 Å². The average molecular weight is 663 g/mol. The summed E-state index contributed by atoms with van der Waals surface area (Å²) in [5.41, 5.74) is 3.41. The standard InChI is InChI=1S/C36H38N8O5/c1-23-32(33(43-49-23)24-10-3-2-4-11-24)36(48)44-19-8-7-16-39-34(46)29(20-25-21-40-27-13-6-5-12-26(25)27)42-35(47)28-14-9-15-30(41-28)37-17-18-38-31(45)22-44/h2-6,9-15,21,29,40H,7-8,16-20,22H2,1H3,(H,37,41)(H,38,45)(H,39,46)(H,42,47)/t29-/m0/s1. The first-order valence-electron chi connectivity index (χ1n) is 16.3. The number of hydrogen-bond donors (Lipinski definition) is 5. The molecule has 4 heterocycles. The van der Waals surface area contributed by atoms with E-state index in [1.807, 2.05) is 60.8 Å². The third-order valence-corrected chi connectivity index (χ3v) is 8.36. The molecule has 0 saturated heterocycles. The van der Waals surface area contributed by atoms with Crippen LogP contribution in [0.1, 0.15) is 45.0 Å². The molecule has 2 aromatic carbocycles. The molecule has 1 aliphatic heterocycles. The van der Waals surface area contributed by atoms with Gasteiger partial charge in [0.1, 0.15) is 34.6 Å². The van der Waals surface area contributed by atoms with Crippen LogP contribution in [-0.4, -0.2) is 82.4 Å². The van der Waals surface area contributed by atoms with Crippen LogP contribution in [0.25, 0.3) is 22.2 Å². The molecule has 252 valence electrons. The Balaban J connectivity index is 1.21. The Bertz CT molecular complexity index is 1950. The van der Waals surface area contributed by atoms with Crippen molar-refractivity contribution in [2.45, 2.75) is 32.2 Å². The van der Waals surface area contributed by atoms with E-state index in [1.54, 1.807) is 25.1 Å². The van der Waals surface area contributed by atoms with Crippen LogP contribution < -0.4 is 21.3 Å². The first kappa shape index (κ1) is 32.9. The number of carbonyl (C=O) groups is 4. The Kier molecular flexibility index (Phi) is 10.3. The molecule has 0 fully saturated rings. The maximum atomic E-state index is 14.0. The highest BCUT2D eigenvalue weighted by molar-refractivity contribution is 6.02. The summed E-state index contributed by atoms with van der Waals surface area (Å²) in [7, 11) is 0. The van der Waals surface area contributed by atoms with Crippen LogP contribution >= 0.6 is 0 Å². The van der Waals surface area contributed by atoms with E-state index in [2.05, 4.69) is 36.4 Å². The number of benzene rings is 2. The molecule has 3 aromatic heterocycles. The summed E-state index contributed by atoms with van der Waals surface area (Å²) < 4.78 is 5.43. The number of para-hydroxylation sites is 1. The van der Waals surface area contributed by atoms with Crippen molar-refractivity contribution in [1.82, 2.24) is 36.0 Å². The van der Waals surface area contributed by atoms with E-state index in [-0.39, 0.29) is 49.5 Å². The Labute approximate surface area is 282 Å². The summed E-state index contributed by atoms with van der Waals surface area (Å²) in [6, 6.07) is 21.2. The average Bonchev–Trinajstić information content (AvgIpc) is 3.72. The van der Waals surface area contributed by atoms with Crippen LogP contribution in [0.5, 0.6) is 0 Å². The van der Waals surface area contributed by atoms with Gasteiger partial charge in [-0.3, -0.25) is 19.2 Å². The summed E-state index contributed by atoms with van der Waals surface area (Å²) in [4.78, 5) is 63.1. The van der Waals surface area contributed by atoms with E-state index in [4.69, 9.17) is 4.52 Å². The quantitative estimate of drug-likeness (QED) is 0.195. The van der Waals surface area contributed by atoms with Crippen LogP contribution in [0.3, 0.4) is 0 Å². The Morgan fingerprint density at radius 2 is 1.69 bits per heavy atom. The third-order valence-electron chi connectivity index (χ3n) is 8.36. The van der Waals surface area contributed by atoms with Gasteiger partial charge in [0.05, 0.1) is 6.54 Å². The van der Waals surface area contributed by atoms with Gasteiger partial charge in [0.25, 0.3) is 11.8 Å². The van der Waals surface area contributed by atoms with E-state index in [0.29, 0.717) is 48.8 Å². The van der Waals surface area contributed by atoms with Gasteiger partial charge in [-0.05, 0) is 43.5 Å². The lowest BCUT2D eigenvalue weighted by molar-refractivity contribution is -0.123. The summed E-state index contributed by atoms with van der Waals surface area (Å²) in [5, 5.41) is 16.9. The van der Waals surface area contributed by atoms with Crippen molar-refractivity contribution in [3.8, 4) is 11.3 Å². The second-order valence-corrected chi connectivity index (χ2v) is 11.8. The predicted octanol–water partition coefficient (Wildman–Crippen LogP) is 3.45. The first-order valence-corrected chi connectivity index (χ1v) is 16.3. The van der Waals surface area contributed by atoms with E-state index in [9.17, 15) is 19.2 Å². The molecule has 0 radical (unpaired) electrons. The molecule has 5 N–H and O–H groups in total. The monoisotopic (exact) mass is 662 g/mol. The molecular formula is C36H38N8O5. The normalized spacial score (nSPS) is 16.8. The first-order chi connectivity index (χ1) is 23.9. The van der Waals surface area contributed by atoms with Gasteiger partial charge in [0.15, 0.2) is 0 Å². The molecule has 4 amide bonds. The highest BCUT2D eigenvalue weighted by atomic mass is 16.5. The largest absolute Gasteiger partial charge is 0.368 e. The smallest absolute Gasteiger partial charge is 0.270 e. The van der Waals surface area contributed by atoms with Crippen molar-refractivity contribution in [3.05, 3.63) is 102 Å². The molecule has 5 aromatic rings. The number of pyridine rings is 1. The number of aromatic amines is 1. The highest BCUT2D eigenvalue weighted by Crippen LogP contribution is 2.26. The fraction of sp³-hybridized carbons (Fsp3) is 0.278. The van der Waals surface area contributed by atoms with E-state index in [1.165, 1.54) is 4.90 Å². The molecule has 0 spiro atoms. The van der Waals surface area contributed by atoms with Crippen LogP contribution in [0.15, 0.2) is 83.5 Å². The zero-order valence-corrected chi connectivity index (χ0v) is 27.1. The van der Waals surface area contributed by atoms with Crippen LogP contribution in [0, 0.1) is 6.92 Å². The minimum atomic E-state index is -0.875. The molecule has 0 unspecified atom stereocenters. The second kappa shape index (κ2) is 15.3. The summed E-state index contributed by atoms with van der Waals surface area (Å²) in [6.07, 6.45) is 3.13. The lowest BCUT2D eigenvalue weighted by atomic mass is 10.0. The summed E-state index contributed by atoms with van der Waals surface area (Å²) in [5.74, 6) is -0.741. The molecule has 0 saturated carbocycles. The van der Waals surface area contributed by atoms with Crippen LogP contribution in [0.2, 0.25) is 0 Å². The molecule has 6 rings (SSSR count). The number of aryl methyl sites for hydroxylation is 1. The zero-order valence-electron chi connectivity index (χ0n) is 27.1. The minimum absolute atomic E-state index is 0.150. The van der Waals surface area contributed by atoms with Gasteiger partial charge in [0.2, 0.25) is 11.8 Å². The SMILES string of the molecule is Cc1onc(-c2ccccc2)c1C(=O)N1CCCCNC(=O)[C@H](Cc2c[nH]c3ccccc23)NC(=O)c2cccc(n2)NCCNC(=O)C1. The second-order valence-electron chi connectivity index (χ2n) is 11.8. The number of carbonyl (C=O) groups excluding carboxylic acids is 4. The third kappa shape index (κ3) is 7.95. The fourth-order valence-corrected chi connectivity index (χ4v) is 5.83. The number of anilines is 1. The molecule has 49 heavy (non-hydrogen) atoms. The molecular weight excluding hydrogens is 624 g/mol. The molecule has 0 aliphatic carbocycles. The lowest BCUT2D eigenvalue weighted by Crippen LogP contribution is -2.48. The number of fused-ring (bicyclic) bond motifs is 3. The van der Waals surface area contributed by atoms with Crippen molar-refractivity contribution in [2.24, 2.45) is 0 Å². The van der Waals surface area contributed by atoms with Gasteiger partial charge in [-0.2, -0.15) is 0 Å². The van der Waals surface area contributed by atoms with E-state index < -0.39 is 11.9 Å². The lowest BCUT2D eigenvalue weighted by Gasteiger charge is -2.23. The van der Waals surface area contributed by atoms with Gasteiger partial charge < -0.3 is 35.7 Å². The topological polar surface area (TPSA) is 174 Å². The van der Waals surface area contributed by atoms with Crippen molar-refractivity contribution in [1.29, 1.82) is 0 Å². The number of hydrogen-bond acceptors (Lipinski definition) is 8. The number of H-pyrrole nitrogens is 1. The Hall–Kier alpha value is -5.98. The van der Waals surface area contributed by atoms with Crippen molar-refractivity contribution >= 4 is 40.3 Å². The van der Waals surface area contributed by atoms with Gasteiger partial charge >= 0.3 is 0 Å². The maximum Gasteiger partial charge on any atom is 0.270 e. The minimum Gasteiger partial charge on any atom is -0.368 e. The Morgan fingerprint density at radius 3 is 2.55 bits per heavy atom. The molecule has 2 bridgehead atoms. The number of nitrogens with one attached hydrogen (secondary N) is 5. The van der Waals surface area contributed by atoms with Crippen LogP contribution in [0.4, 0.5) is 5.82 Å². The van der Waals surface area contributed by atoms with Gasteiger partial charge in [0, 0.05) is 55.3 Å². The highest BCUT2D eigenvalue weighted by Gasteiger charge is 2.28. The van der Waals surface area contributed by atoms with Crippen molar-refractivity contribution < 1.29 is 23.7 Å².